The number of hydrogen-bond donors (Lipinski definition) is 1. The number of nitrogens with zero attached hydrogens (tertiary/aromatic N) is 1. The summed E-state index contributed by atoms with van der Waals surface area (Å²) in [5.74, 6) is -0.364. The van der Waals surface area contributed by atoms with E-state index in [9.17, 15) is 14.0 Å². The molecule has 1 N–H and O–H groups in total. The first-order valence-electron chi connectivity index (χ1n) is 9.76. The Labute approximate surface area is 220 Å². The van der Waals surface area contributed by atoms with E-state index >= 15 is 0 Å². The maximum absolute atomic E-state index is 13.9. The lowest BCUT2D eigenvalue weighted by Crippen LogP contribution is -2.30. The van der Waals surface area contributed by atoms with Crippen LogP contribution in [0.25, 0.3) is 6.08 Å². The fourth-order valence-corrected chi connectivity index (χ4v) is 5.03. The van der Waals surface area contributed by atoms with Crippen molar-refractivity contribution in [2.24, 2.45) is 0 Å². The molecule has 0 aromatic heterocycles. The Morgan fingerprint density at radius 2 is 1.70 bits per heavy atom. The van der Waals surface area contributed by atoms with E-state index in [2.05, 4.69) is 59.8 Å². The minimum atomic E-state index is -0.592. The third kappa shape index (κ3) is 5.64. The van der Waals surface area contributed by atoms with Gasteiger partial charge in [-0.3, -0.25) is 9.69 Å². The Bertz CT molecular complexity index is 1240. The molecule has 168 valence electrons. The van der Waals surface area contributed by atoms with Gasteiger partial charge in [-0.25, -0.2) is 9.18 Å². The number of urea groups is 1. The number of halogens is 4. The molecule has 9 heteroatoms. The van der Waals surface area contributed by atoms with Gasteiger partial charge in [-0.05, 0) is 102 Å². The summed E-state index contributed by atoms with van der Waals surface area (Å²) in [6, 6.07) is 17.1. The van der Waals surface area contributed by atoms with Crippen LogP contribution in [0.4, 0.5) is 9.18 Å². The van der Waals surface area contributed by atoms with Crippen molar-refractivity contribution in [2.45, 2.75) is 13.2 Å². The van der Waals surface area contributed by atoms with E-state index in [1.807, 2.05) is 24.3 Å². The normalized spacial score (nSPS) is 14.7. The van der Waals surface area contributed by atoms with Crippen LogP contribution >= 0.6 is 54.5 Å². The van der Waals surface area contributed by atoms with Crippen LogP contribution in [0.1, 0.15) is 16.7 Å². The minimum Gasteiger partial charge on any atom is -0.487 e. The molecule has 0 spiro atoms. The summed E-state index contributed by atoms with van der Waals surface area (Å²) >= 11 is 9.28. The van der Waals surface area contributed by atoms with Crippen molar-refractivity contribution in [1.29, 1.82) is 0 Å². The number of nitrogens with one attached hydrogen (secondary N) is 1. The predicted molar refractivity (Wildman–Crippen MR) is 139 cm³/mol. The number of carbonyl (C=O) groups is 2. The van der Waals surface area contributed by atoms with Gasteiger partial charge in [0.2, 0.25) is 0 Å². The van der Waals surface area contributed by atoms with Crippen molar-refractivity contribution >= 4 is 72.5 Å². The number of rotatable bonds is 6. The second kappa shape index (κ2) is 10.4. The zero-order valence-corrected chi connectivity index (χ0v) is 22.3. The Hall–Kier alpha value is -2.24. The maximum atomic E-state index is 13.9. The summed E-state index contributed by atoms with van der Waals surface area (Å²) in [5.41, 5.74) is 2.09. The van der Waals surface area contributed by atoms with Gasteiger partial charge in [0.1, 0.15) is 23.9 Å². The second-order valence-electron chi connectivity index (χ2n) is 7.20. The number of hydrogen-bond acceptors (Lipinski definition) is 3. The Morgan fingerprint density at radius 1 is 1.03 bits per heavy atom. The molecule has 0 atom stereocenters. The highest BCUT2D eigenvalue weighted by atomic mass is 127. The largest absolute Gasteiger partial charge is 0.487 e. The molecule has 0 radical (unpaired) electrons. The second-order valence-corrected chi connectivity index (χ2v) is 10.2. The highest BCUT2D eigenvalue weighted by Gasteiger charge is 2.34. The first-order valence-corrected chi connectivity index (χ1v) is 12.4. The number of carbonyl (C=O) groups excluding carboxylic acids is 2. The molecule has 4 rings (SSSR count). The number of imide groups is 1. The van der Waals surface area contributed by atoms with Crippen molar-refractivity contribution in [3.63, 3.8) is 0 Å². The number of benzene rings is 3. The summed E-state index contributed by atoms with van der Waals surface area (Å²) in [6.45, 7) is 0.251. The quantitative estimate of drug-likeness (QED) is 0.180. The van der Waals surface area contributed by atoms with Gasteiger partial charge in [0.15, 0.2) is 0 Å². The molecule has 1 aliphatic heterocycles. The average molecular weight is 686 g/mol. The molecule has 0 bridgehead atoms. The molecule has 0 saturated carbocycles. The summed E-state index contributed by atoms with van der Waals surface area (Å²) in [7, 11) is 0. The van der Waals surface area contributed by atoms with Gasteiger partial charge < -0.3 is 10.1 Å². The van der Waals surface area contributed by atoms with Crippen molar-refractivity contribution < 1.29 is 18.7 Å². The highest BCUT2D eigenvalue weighted by molar-refractivity contribution is 14.1. The smallest absolute Gasteiger partial charge is 0.329 e. The van der Waals surface area contributed by atoms with Crippen LogP contribution in [0.3, 0.4) is 0 Å². The van der Waals surface area contributed by atoms with Gasteiger partial charge >= 0.3 is 6.03 Å². The maximum Gasteiger partial charge on any atom is 0.329 e. The van der Waals surface area contributed by atoms with Crippen LogP contribution in [0.5, 0.6) is 5.75 Å². The molecule has 1 heterocycles. The lowest BCUT2D eigenvalue weighted by molar-refractivity contribution is -0.123. The fourth-order valence-electron chi connectivity index (χ4n) is 3.22. The Kier molecular flexibility index (Phi) is 7.50. The molecule has 33 heavy (non-hydrogen) atoms. The van der Waals surface area contributed by atoms with E-state index in [1.165, 1.54) is 6.07 Å². The van der Waals surface area contributed by atoms with Crippen LogP contribution in [0.15, 0.2) is 75.3 Å². The molecule has 1 aliphatic rings. The number of ether oxygens (including phenoxy) is 1. The van der Waals surface area contributed by atoms with Gasteiger partial charge in [-0.2, -0.15) is 0 Å². The summed E-state index contributed by atoms with van der Waals surface area (Å²) in [6.07, 6.45) is 1.57. The molecule has 1 fully saturated rings. The molecule has 5 nitrogen and oxygen atoms in total. The van der Waals surface area contributed by atoms with Gasteiger partial charge in [0.25, 0.3) is 5.91 Å². The first-order chi connectivity index (χ1) is 15.8. The molecule has 0 aliphatic carbocycles. The standard InChI is InChI=1S/C24H16Br2FIN2O3/c25-18-9-15(10-19(26)22(18)33-13-14-5-7-17(28)8-6-14)11-21-23(31)30(24(32)29-21)12-16-3-1-2-4-20(16)27/h1-11H,12-13H2,(H,29,32)/b21-11+. The third-order valence-electron chi connectivity index (χ3n) is 4.88. The van der Waals surface area contributed by atoms with Crippen LogP contribution in [-0.4, -0.2) is 16.8 Å². The van der Waals surface area contributed by atoms with E-state index < -0.39 is 17.8 Å². The Balaban J connectivity index is 1.50. The van der Waals surface area contributed by atoms with Crippen molar-refractivity contribution in [3.05, 3.63) is 101 Å². The Morgan fingerprint density at radius 3 is 2.36 bits per heavy atom. The topological polar surface area (TPSA) is 58.6 Å². The van der Waals surface area contributed by atoms with Crippen LogP contribution in [0.2, 0.25) is 0 Å². The fraction of sp³-hybridized carbons (Fsp3) is 0.0833. The predicted octanol–water partition coefficient (Wildman–Crippen LogP) is 6.63. The lowest BCUT2D eigenvalue weighted by atomic mass is 10.1. The van der Waals surface area contributed by atoms with Gasteiger partial charge in [0, 0.05) is 9.13 Å². The summed E-state index contributed by atoms with van der Waals surface area (Å²) in [4.78, 5) is 26.1. The number of amides is 3. The molecular formula is C24H16Br2FIN2O3. The molecule has 3 aromatic rings. The van der Waals surface area contributed by atoms with E-state index in [0.717, 1.165) is 14.0 Å². The third-order valence-corrected chi connectivity index (χ3v) is 6.77. The lowest BCUT2D eigenvalue weighted by Gasteiger charge is -2.12. The van der Waals surface area contributed by atoms with E-state index in [4.69, 9.17) is 4.74 Å². The van der Waals surface area contributed by atoms with Crippen LogP contribution in [0, 0.1) is 9.39 Å². The summed E-state index contributed by atoms with van der Waals surface area (Å²) < 4.78 is 22.4. The SMILES string of the molecule is O=C1N/C(=C/c2cc(Br)c(OCc3ccc(I)cc3)c(Br)c2)C(=O)N1Cc1ccccc1F. The van der Waals surface area contributed by atoms with Gasteiger partial charge in [-0.15, -0.1) is 0 Å². The van der Waals surface area contributed by atoms with E-state index in [1.54, 1.807) is 36.4 Å². The minimum absolute atomic E-state index is 0.114. The zero-order chi connectivity index (χ0) is 23.5. The van der Waals surface area contributed by atoms with Gasteiger partial charge in [-0.1, -0.05) is 30.3 Å². The highest BCUT2D eigenvalue weighted by Crippen LogP contribution is 2.36. The molecule has 1 saturated heterocycles. The molecule has 0 unspecified atom stereocenters. The monoisotopic (exact) mass is 684 g/mol. The van der Waals surface area contributed by atoms with Crippen LogP contribution in [-0.2, 0) is 17.9 Å². The van der Waals surface area contributed by atoms with E-state index in [-0.39, 0.29) is 17.8 Å². The zero-order valence-electron chi connectivity index (χ0n) is 16.9. The average Bonchev–Trinajstić information content (AvgIpc) is 3.03. The van der Waals surface area contributed by atoms with Crippen molar-refractivity contribution in [3.8, 4) is 5.75 Å². The van der Waals surface area contributed by atoms with Crippen molar-refractivity contribution in [1.82, 2.24) is 10.2 Å². The molecule has 3 aromatic carbocycles. The summed E-state index contributed by atoms with van der Waals surface area (Å²) in [5, 5.41) is 2.56. The van der Waals surface area contributed by atoms with Crippen LogP contribution < -0.4 is 10.1 Å². The molecular weight excluding hydrogens is 670 g/mol. The van der Waals surface area contributed by atoms with Crippen molar-refractivity contribution in [2.75, 3.05) is 0 Å². The first kappa shape index (κ1) is 23.9. The molecule has 3 amide bonds. The van der Waals surface area contributed by atoms with E-state index in [0.29, 0.717) is 26.9 Å². The van der Waals surface area contributed by atoms with Gasteiger partial charge in [0.05, 0.1) is 15.5 Å².